The molecule has 9 nitrogen and oxygen atoms in total. The van der Waals surface area contributed by atoms with Crippen molar-refractivity contribution in [1.29, 1.82) is 0 Å². The fourth-order valence-corrected chi connectivity index (χ4v) is 4.84. The van der Waals surface area contributed by atoms with Gasteiger partial charge < -0.3 is 14.4 Å². The molecular weight excluding hydrogens is 392 g/mol. The Kier molecular flexibility index (Phi) is 5.52. The van der Waals surface area contributed by atoms with Crippen molar-refractivity contribution >= 4 is 33.5 Å². The summed E-state index contributed by atoms with van der Waals surface area (Å²) in [5.74, 6) is 0.703. The zero-order valence-corrected chi connectivity index (χ0v) is 16.6. The number of aromatic nitrogens is 4. The first-order valence-corrected chi connectivity index (χ1v) is 9.90. The maximum Gasteiger partial charge on any atom is 0.258 e. The van der Waals surface area contributed by atoms with Crippen LogP contribution in [0.1, 0.15) is 24.5 Å². The summed E-state index contributed by atoms with van der Waals surface area (Å²) in [6, 6.07) is 1.22. The van der Waals surface area contributed by atoms with E-state index in [1.807, 2.05) is 24.7 Å². The third-order valence-electron chi connectivity index (χ3n) is 4.67. The van der Waals surface area contributed by atoms with Crippen molar-refractivity contribution < 1.29 is 12.9 Å². The molecule has 0 saturated carbocycles. The molecule has 1 aliphatic rings. The number of piperazine rings is 1. The lowest BCUT2D eigenvalue weighted by Crippen LogP contribution is -2.49. The molecule has 146 valence electrons. The second-order valence-electron chi connectivity index (χ2n) is 6.24. The number of nitrogens with one attached hydrogen (secondary N) is 1. The molecule has 3 aromatic rings. The highest BCUT2D eigenvalue weighted by Gasteiger charge is 2.36. The van der Waals surface area contributed by atoms with E-state index < -0.39 is 10.0 Å². The van der Waals surface area contributed by atoms with Gasteiger partial charge in [-0.2, -0.15) is 4.31 Å². The fourth-order valence-electron chi connectivity index (χ4n) is 3.28. The first-order valence-electron chi connectivity index (χ1n) is 8.46. The van der Waals surface area contributed by atoms with Gasteiger partial charge in [-0.3, -0.25) is 0 Å². The van der Waals surface area contributed by atoms with E-state index >= 15 is 0 Å². The van der Waals surface area contributed by atoms with Gasteiger partial charge in [-0.1, -0.05) is 12.1 Å². The van der Waals surface area contributed by atoms with Crippen LogP contribution < -0.4 is 5.32 Å². The molecule has 1 atom stereocenters. The Bertz CT molecular complexity index is 1050. The monoisotopic (exact) mass is 412 g/mol. The molecule has 1 fully saturated rings. The summed E-state index contributed by atoms with van der Waals surface area (Å²) < 4.78 is 35.2. The van der Waals surface area contributed by atoms with Crippen molar-refractivity contribution in [3.63, 3.8) is 0 Å². The minimum absolute atomic E-state index is 0. The van der Waals surface area contributed by atoms with E-state index in [1.165, 1.54) is 10.5 Å². The molecule has 0 spiro atoms. The lowest BCUT2D eigenvalue weighted by molar-refractivity contribution is 0.258. The number of sulfonamides is 1. The van der Waals surface area contributed by atoms with Gasteiger partial charge in [0, 0.05) is 39.1 Å². The summed E-state index contributed by atoms with van der Waals surface area (Å²) in [7, 11) is -1.88. The van der Waals surface area contributed by atoms with Gasteiger partial charge in [0.25, 0.3) is 5.71 Å². The van der Waals surface area contributed by atoms with Gasteiger partial charge in [0.1, 0.15) is 10.7 Å². The normalized spacial score (nSPS) is 18.5. The number of halogens is 1. The van der Waals surface area contributed by atoms with E-state index in [1.54, 1.807) is 12.3 Å². The minimum Gasteiger partial charge on any atom is -0.337 e. The zero-order chi connectivity index (χ0) is 18.3. The number of pyridine rings is 1. The Morgan fingerprint density at radius 2 is 2.19 bits per heavy atom. The third kappa shape index (κ3) is 3.33. The molecule has 1 saturated heterocycles. The Morgan fingerprint density at radius 1 is 1.37 bits per heavy atom. The SMILES string of the molecule is CCc1noc2ncc(S(=O)(=O)N3CCNCC3c3nccn3C)cc12.Cl. The van der Waals surface area contributed by atoms with Gasteiger partial charge >= 0.3 is 0 Å². The highest BCUT2D eigenvalue weighted by molar-refractivity contribution is 7.89. The largest absolute Gasteiger partial charge is 0.337 e. The van der Waals surface area contributed by atoms with Crippen LogP contribution in [-0.2, 0) is 23.5 Å². The van der Waals surface area contributed by atoms with Gasteiger partial charge in [-0.25, -0.2) is 18.4 Å². The predicted octanol–water partition coefficient (Wildman–Crippen LogP) is 1.28. The summed E-state index contributed by atoms with van der Waals surface area (Å²) in [5.41, 5.74) is 1.05. The van der Waals surface area contributed by atoms with Crippen molar-refractivity contribution in [2.45, 2.75) is 24.3 Å². The lowest BCUT2D eigenvalue weighted by Gasteiger charge is -2.34. The number of rotatable bonds is 4. The number of aryl methyl sites for hydroxylation is 2. The molecule has 1 N–H and O–H groups in total. The number of nitrogens with zero attached hydrogens (tertiary/aromatic N) is 5. The smallest absolute Gasteiger partial charge is 0.258 e. The predicted molar refractivity (Wildman–Crippen MR) is 101 cm³/mol. The summed E-state index contributed by atoms with van der Waals surface area (Å²) in [5, 5.41) is 7.83. The van der Waals surface area contributed by atoms with Crippen molar-refractivity contribution in [3.05, 3.63) is 36.2 Å². The first-order chi connectivity index (χ1) is 12.5. The molecule has 0 aliphatic carbocycles. The van der Waals surface area contributed by atoms with Gasteiger partial charge in [-0.05, 0) is 12.5 Å². The molecule has 1 unspecified atom stereocenters. The van der Waals surface area contributed by atoms with E-state index in [2.05, 4.69) is 20.4 Å². The number of hydrogen-bond acceptors (Lipinski definition) is 7. The average molecular weight is 413 g/mol. The van der Waals surface area contributed by atoms with E-state index in [4.69, 9.17) is 4.52 Å². The van der Waals surface area contributed by atoms with Crippen molar-refractivity contribution in [1.82, 2.24) is 29.3 Å². The van der Waals surface area contributed by atoms with Crippen molar-refractivity contribution in [2.75, 3.05) is 19.6 Å². The van der Waals surface area contributed by atoms with Crippen LogP contribution in [0.15, 0.2) is 34.1 Å². The summed E-state index contributed by atoms with van der Waals surface area (Å²) >= 11 is 0. The molecule has 0 aromatic carbocycles. The first kappa shape index (κ1) is 19.7. The highest BCUT2D eigenvalue weighted by Crippen LogP contribution is 2.29. The Labute approximate surface area is 163 Å². The van der Waals surface area contributed by atoms with E-state index in [0.717, 1.165) is 0 Å². The topological polar surface area (TPSA) is 106 Å². The minimum atomic E-state index is -3.74. The molecule has 0 amide bonds. The lowest BCUT2D eigenvalue weighted by atomic mass is 10.2. The molecule has 0 radical (unpaired) electrons. The van der Waals surface area contributed by atoms with Crippen LogP contribution in [0.4, 0.5) is 0 Å². The van der Waals surface area contributed by atoms with Crippen LogP contribution in [0.2, 0.25) is 0 Å². The van der Waals surface area contributed by atoms with Crippen molar-refractivity contribution in [2.24, 2.45) is 7.05 Å². The molecule has 3 aromatic heterocycles. The second kappa shape index (κ2) is 7.55. The Balaban J connectivity index is 0.00000210. The van der Waals surface area contributed by atoms with Crippen LogP contribution >= 0.6 is 12.4 Å². The van der Waals surface area contributed by atoms with Gasteiger partial charge in [0.15, 0.2) is 0 Å². The fraction of sp³-hybridized carbons (Fsp3) is 0.438. The summed E-state index contributed by atoms with van der Waals surface area (Å²) in [4.78, 5) is 8.63. The summed E-state index contributed by atoms with van der Waals surface area (Å²) in [6.45, 7) is 3.39. The van der Waals surface area contributed by atoms with Crippen LogP contribution in [0.3, 0.4) is 0 Å². The Morgan fingerprint density at radius 3 is 2.89 bits per heavy atom. The van der Waals surface area contributed by atoms with Gasteiger partial charge in [0.2, 0.25) is 10.0 Å². The molecule has 1 aliphatic heterocycles. The zero-order valence-electron chi connectivity index (χ0n) is 15.0. The van der Waals surface area contributed by atoms with Crippen LogP contribution in [0.5, 0.6) is 0 Å². The highest BCUT2D eigenvalue weighted by atomic mass is 35.5. The van der Waals surface area contributed by atoms with Gasteiger partial charge in [0.05, 0.1) is 23.3 Å². The number of imidazole rings is 1. The van der Waals surface area contributed by atoms with E-state index in [9.17, 15) is 8.42 Å². The van der Waals surface area contributed by atoms with Crippen LogP contribution in [0.25, 0.3) is 11.1 Å². The molecule has 0 bridgehead atoms. The number of hydrogen-bond donors (Lipinski definition) is 1. The van der Waals surface area contributed by atoms with E-state index in [-0.39, 0.29) is 23.3 Å². The van der Waals surface area contributed by atoms with Crippen LogP contribution in [-0.4, -0.2) is 52.0 Å². The standard InChI is InChI=1S/C16H20N6O3S.ClH/c1-3-13-12-8-11(9-19-16(12)25-20-13)26(23,24)22-7-4-17-10-14(22)15-18-5-6-21(15)2;/h5-6,8-9,14,17H,3-4,7,10H2,1-2H3;1H. The second-order valence-corrected chi connectivity index (χ2v) is 8.13. The molecule has 27 heavy (non-hydrogen) atoms. The molecule has 4 rings (SSSR count). The van der Waals surface area contributed by atoms with Gasteiger partial charge in [-0.15, -0.1) is 12.4 Å². The average Bonchev–Trinajstić information content (AvgIpc) is 3.26. The Hall–Kier alpha value is -2.01. The van der Waals surface area contributed by atoms with Crippen LogP contribution in [0, 0.1) is 0 Å². The molecule has 11 heteroatoms. The maximum absolute atomic E-state index is 13.3. The third-order valence-corrected chi connectivity index (χ3v) is 6.55. The summed E-state index contributed by atoms with van der Waals surface area (Å²) in [6.07, 6.45) is 5.46. The quantitative estimate of drug-likeness (QED) is 0.687. The van der Waals surface area contributed by atoms with E-state index in [0.29, 0.717) is 48.7 Å². The maximum atomic E-state index is 13.3. The number of fused-ring (bicyclic) bond motifs is 1. The molecule has 4 heterocycles. The molecular formula is C16H21ClN6O3S. The van der Waals surface area contributed by atoms with Crippen molar-refractivity contribution in [3.8, 4) is 0 Å².